The van der Waals surface area contributed by atoms with Crippen LogP contribution in [0.2, 0.25) is 0 Å². The van der Waals surface area contributed by atoms with Gasteiger partial charge in [-0.2, -0.15) is 0 Å². The number of amides is 4. The molecule has 0 aliphatic carbocycles. The van der Waals surface area contributed by atoms with Gasteiger partial charge < -0.3 is 60.2 Å². The number of ketones is 1. The number of nitrogens with zero attached hydrogens (tertiary/aromatic N) is 2. The van der Waals surface area contributed by atoms with Gasteiger partial charge in [0.2, 0.25) is 11.9 Å². The Bertz CT molecular complexity index is 2180. The zero-order valence-electron chi connectivity index (χ0n) is 36.9. The fourth-order valence-corrected chi connectivity index (χ4v) is 5.53. The minimum Gasteiger partial charge on any atom is -0.491 e. The van der Waals surface area contributed by atoms with Crippen LogP contribution in [-0.2, 0) is 23.9 Å². The van der Waals surface area contributed by atoms with Crippen molar-refractivity contribution >= 4 is 35.4 Å². The number of esters is 1. The van der Waals surface area contributed by atoms with Crippen LogP contribution in [0.3, 0.4) is 0 Å². The van der Waals surface area contributed by atoms with Crippen molar-refractivity contribution in [3.63, 3.8) is 0 Å². The third-order valence-electron chi connectivity index (χ3n) is 9.27. The Morgan fingerprint density at radius 2 is 0.864 bits per heavy atom. The second-order valence-electron chi connectivity index (χ2n) is 14.0. The Morgan fingerprint density at radius 1 is 0.545 bits per heavy atom. The van der Waals surface area contributed by atoms with Crippen molar-refractivity contribution in [2.75, 3.05) is 68.3 Å². The van der Waals surface area contributed by atoms with Crippen LogP contribution in [0.1, 0.15) is 43.0 Å². The zero-order valence-corrected chi connectivity index (χ0v) is 36.9. The van der Waals surface area contributed by atoms with Gasteiger partial charge in [0, 0.05) is 61.6 Å². The Balaban J connectivity index is 0.000000350. The number of aliphatic hydroxyl groups excluding tert-OH is 5. The van der Waals surface area contributed by atoms with E-state index < -0.39 is 66.3 Å². The molecule has 7 N–H and O–H groups in total. The minimum atomic E-state index is -1.43. The quantitative estimate of drug-likeness (QED) is 0.0410. The molecule has 0 heterocycles. The number of carbonyl (C=O) groups is 6. The SMILES string of the molecule is CNC(=O)C(C(=O)CO)N(C)C(=O)c1ccc(C#Cc2ccc(OCC(O)CO)cc2)cc1.CNC(=O)C(C(=O)OC)N(C)C(=O)c1ccc(C#Cc2ccc(OCC(O)CO)cc2)cc1. The van der Waals surface area contributed by atoms with Gasteiger partial charge in [-0.1, -0.05) is 23.7 Å². The van der Waals surface area contributed by atoms with Crippen LogP contribution in [0, 0.1) is 23.7 Å². The number of nitrogens with one attached hydrogen (secondary N) is 2. The molecule has 0 bridgehead atoms. The van der Waals surface area contributed by atoms with Crippen LogP contribution in [0.4, 0.5) is 0 Å². The zero-order chi connectivity index (χ0) is 48.8. The molecule has 348 valence electrons. The molecule has 0 aliphatic rings. The molecule has 4 aromatic carbocycles. The van der Waals surface area contributed by atoms with Gasteiger partial charge in [0.1, 0.15) is 43.5 Å². The highest BCUT2D eigenvalue weighted by Crippen LogP contribution is 2.15. The van der Waals surface area contributed by atoms with E-state index >= 15 is 0 Å². The van der Waals surface area contributed by atoms with Gasteiger partial charge in [0.15, 0.2) is 11.8 Å². The normalized spacial score (nSPS) is 12.0. The first-order valence-corrected chi connectivity index (χ1v) is 20.1. The lowest BCUT2D eigenvalue weighted by Crippen LogP contribution is -2.52. The standard InChI is InChI=1S/2C24H26N2O7/c1-25-22(29)21(24(31)32-3)26(2)23(30)18-10-6-16(7-11-18)4-5-17-8-12-20(13-9-17)33-15-19(28)14-27;1-25-23(31)22(21(30)14-28)26(2)24(32)18-9-5-16(6-10-18)3-4-17-7-11-20(12-8-17)33-15-19(29)13-27/h6-13,19,21,27-28H,14-15H2,1-3H3,(H,25,29);5-12,19,22,27-29H,13-15H2,1-2H3,(H,25,31). The molecule has 4 unspecified atom stereocenters. The molecular formula is C48H52N4O14. The fourth-order valence-electron chi connectivity index (χ4n) is 5.53. The maximum absolute atomic E-state index is 12.7. The summed E-state index contributed by atoms with van der Waals surface area (Å²) in [5.74, 6) is 8.99. The number of likely N-dealkylation sites (N-methyl/N-ethyl adjacent to an activating group) is 4. The Kier molecular flexibility index (Phi) is 21.5. The summed E-state index contributed by atoms with van der Waals surface area (Å²) >= 11 is 0. The molecule has 4 aromatic rings. The van der Waals surface area contributed by atoms with Gasteiger partial charge in [-0.3, -0.25) is 24.0 Å². The van der Waals surface area contributed by atoms with E-state index in [0.29, 0.717) is 22.6 Å². The first-order valence-electron chi connectivity index (χ1n) is 20.1. The third-order valence-corrected chi connectivity index (χ3v) is 9.27. The van der Waals surface area contributed by atoms with E-state index in [1.165, 1.54) is 40.3 Å². The molecule has 0 spiro atoms. The van der Waals surface area contributed by atoms with Gasteiger partial charge in [-0.15, -0.1) is 0 Å². The van der Waals surface area contributed by atoms with Gasteiger partial charge >= 0.3 is 5.97 Å². The van der Waals surface area contributed by atoms with Gasteiger partial charge in [-0.25, -0.2) is 4.79 Å². The van der Waals surface area contributed by atoms with Crippen molar-refractivity contribution in [1.82, 2.24) is 20.4 Å². The second kappa shape index (κ2) is 26.9. The molecule has 66 heavy (non-hydrogen) atoms. The van der Waals surface area contributed by atoms with Crippen LogP contribution < -0.4 is 20.1 Å². The summed E-state index contributed by atoms with van der Waals surface area (Å²) < 4.78 is 15.3. The number of benzene rings is 4. The van der Waals surface area contributed by atoms with E-state index in [0.717, 1.165) is 28.0 Å². The molecule has 0 saturated heterocycles. The highest BCUT2D eigenvalue weighted by atomic mass is 16.5. The molecule has 0 aliphatic heterocycles. The predicted molar refractivity (Wildman–Crippen MR) is 239 cm³/mol. The van der Waals surface area contributed by atoms with Crippen LogP contribution >= 0.6 is 0 Å². The highest BCUT2D eigenvalue weighted by molar-refractivity contribution is 6.10. The molecule has 4 rings (SSSR count). The maximum atomic E-state index is 12.7. The van der Waals surface area contributed by atoms with Crippen LogP contribution in [0.15, 0.2) is 97.1 Å². The number of Topliss-reactive ketones (excluding diaryl/α,β-unsaturated/α-hetero) is 1. The van der Waals surface area contributed by atoms with E-state index in [2.05, 4.69) is 39.1 Å². The lowest BCUT2D eigenvalue weighted by atomic mass is 10.1. The van der Waals surface area contributed by atoms with Crippen molar-refractivity contribution in [2.24, 2.45) is 0 Å². The average molecular weight is 909 g/mol. The summed E-state index contributed by atoms with van der Waals surface area (Å²) in [5, 5.41) is 50.0. The number of rotatable bonds is 17. The van der Waals surface area contributed by atoms with Gasteiger partial charge in [-0.05, 0) is 97.1 Å². The first kappa shape index (κ1) is 52.8. The van der Waals surface area contributed by atoms with E-state index in [4.69, 9.17) is 24.8 Å². The number of hydrogen-bond acceptors (Lipinski definition) is 14. The van der Waals surface area contributed by atoms with E-state index in [9.17, 15) is 39.0 Å². The minimum absolute atomic E-state index is 0.00866. The molecule has 0 aromatic heterocycles. The van der Waals surface area contributed by atoms with E-state index in [1.54, 1.807) is 84.9 Å². The van der Waals surface area contributed by atoms with Gasteiger partial charge in [0.05, 0.1) is 20.3 Å². The maximum Gasteiger partial charge on any atom is 0.338 e. The number of methoxy groups -OCH3 is 1. The van der Waals surface area contributed by atoms with E-state index in [-0.39, 0.29) is 37.6 Å². The lowest BCUT2D eigenvalue weighted by Gasteiger charge is -2.25. The van der Waals surface area contributed by atoms with Crippen molar-refractivity contribution in [3.8, 4) is 35.2 Å². The van der Waals surface area contributed by atoms with Crippen molar-refractivity contribution in [3.05, 3.63) is 130 Å². The summed E-state index contributed by atoms with van der Waals surface area (Å²) in [6.07, 6.45) is -1.88. The lowest BCUT2D eigenvalue weighted by molar-refractivity contribution is -0.150. The molecule has 18 heteroatoms. The molecule has 0 fully saturated rings. The Labute approximate surface area is 381 Å². The molecule has 4 amide bonds. The number of hydrogen-bond donors (Lipinski definition) is 7. The van der Waals surface area contributed by atoms with E-state index in [1.807, 2.05) is 0 Å². The van der Waals surface area contributed by atoms with Gasteiger partial charge in [0.25, 0.3) is 17.7 Å². The van der Waals surface area contributed by atoms with Crippen LogP contribution in [0.25, 0.3) is 0 Å². The Morgan fingerprint density at radius 3 is 1.17 bits per heavy atom. The number of aliphatic hydroxyl groups is 5. The van der Waals surface area contributed by atoms with Crippen molar-refractivity contribution in [2.45, 2.75) is 24.3 Å². The van der Waals surface area contributed by atoms with Crippen LogP contribution in [0.5, 0.6) is 11.5 Å². The first-order chi connectivity index (χ1) is 31.6. The molecule has 18 nitrogen and oxygen atoms in total. The molecule has 4 atom stereocenters. The summed E-state index contributed by atoms with van der Waals surface area (Å²) in [7, 11) is 6.53. The number of carbonyl (C=O) groups excluding carboxylic acids is 6. The number of ether oxygens (including phenoxy) is 3. The predicted octanol–water partition coefficient (Wildman–Crippen LogP) is -0.256. The summed E-state index contributed by atoms with van der Waals surface area (Å²) in [6.45, 7) is -1.63. The molecular weight excluding hydrogens is 857 g/mol. The third kappa shape index (κ3) is 15.9. The smallest absolute Gasteiger partial charge is 0.338 e. The largest absolute Gasteiger partial charge is 0.491 e. The fraction of sp³-hybridized carbons (Fsp3) is 0.292. The second-order valence-corrected chi connectivity index (χ2v) is 14.0. The highest BCUT2D eigenvalue weighted by Gasteiger charge is 2.35. The topological polar surface area (TPSA) is 262 Å². The summed E-state index contributed by atoms with van der Waals surface area (Å²) in [4.78, 5) is 75.3. The monoisotopic (exact) mass is 908 g/mol. The Hall–Kier alpha value is -7.58. The summed E-state index contributed by atoms with van der Waals surface area (Å²) in [5.41, 5.74) is 3.31. The molecule has 0 radical (unpaired) electrons. The van der Waals surface area contributed by atoms with Crippen LogP contribution in [-0.4, -0.2) is 163 Å². The average Bonchev–Trinajstić information content (AvgIpc) is 3.36. The molecule has 0 saturated carbocycles. The summed E-state index contributed by atoms with van der Waals surface area (Å²) in [6, 6.07) is 23.8. The van der Waals surface area contributed by atoms with Crippen molar-refractivity contribution in [1.29, 1.82) is 0 Å². The van der Waals surface area contributed by atoms with Crippen molar-refractivity contribution < 1.29 is 68.5 Å².